The zero-order valence-corrected chi connectivity index (χ0v) is 21.4. The topological polar surface area (TPSA) is 162 Å². The number of hydrogen-bond acceptors (Lipinski definition) is 10. The van der Waals surface area contributed by atoms with Crippen LogP contribution in [0, 0.1) is 6.92 Å². The van der Waals surface area contributed by atoms with Crippen LogP contribution < -0.4 is 5.82 Å². The maximum atomic E-state index is 13.0. The molecular formula is C27H26N6O6. The van der Waals surface area contributed by atoms with E-state index in [-0.39, 0.29) is 24.5 Å². The lowest BCUT2D eigenvalue weighted by Crippen LogP contribution is -2.12. The maximum Gasteiger partial charge on any atom is 0.519 e. The highest BCUT2D eigenvalue weighted by atomic mass is 16.6. The van der Waals surface area contributed by atoms with E-state index in [9.17, 15) is 14.7 Å². The molecule has 0 aliphatic rings. The highest BCUT2D eigenvalue weighted by Gasteiger charge is 2.24. The molecule has 0 unspecified atom stereocenters. The Morgan fingerprint density at radius 3 is 2.51 bits per heavy atom. The third-order valence-electron chi connectivity index (χ3n) is 6.27. The molecule has 3 aromatic heterocycles. The monoisotopic (exact) mass is 530 g/mol. The summed E-state index contributed by atoms with van der Waals surface area (Å²) in [6.45, 7) is 3.25. The number of ether oxygens (including phenoxy) is 1. The third-order valence-corrected chi connectivity index (χ3v) is 6.27. The minimum atomic E-state index is -0.811. The number of carbonyl (C=O) groups excluding carboxylic acids is 1. The van der Waals surface area contributed by atoms with Crippen molar-refractivity contribution in [3.63, 3.8) is 0 Å². The van der Waals surface area contributed by atoms with E-state index in [0.717, 1.165) is 28.7 Å². The van der Waals surface area contributed by atoms with E-state index in [0.29, 0.717) is 29.6 Å². The van der Waals surface area contributed by atoms with Crippen molar-refractivity contribution in [2.75, 3.05) is 0 Å². The van der Waals surface area contributed by atoms with E-state index < -0.39 is 18.4 Å². The Labute approximate surface area is 222 Å². The lowest BCUT2D eigenvalue weighted by atomic mass is 9.98. The first kappa shape index (κ1) is 25.8. The second-order valence-corrected chi connectivity index (χ2v) is 8.82. The molecule has 0 amide bonds. The third kappa shape index (κ3) is 5.41. The van der Waals surface area contributed by atoms with Crippen LogP contribution in [0.5, 0.6) is 0 Å². The molecule has 0 radical (unpaired) electrons. The summed E-state index contributed by atoms with van der Waals surface area (Å²) < 4.78 is 17.3. The number of hydrogen-bond donors (Lipinski definition) is 2. The van der Waals surface area contributed by atoms with Gasteiger partial charge in [-0.25, -0.2) is 19.7 Å². The molecular weight excluding hydrogens is 504 g/mol. The number of aryl methyl sites for hydroxylation is 2. The fourth-order valence-electron chi connectivity index (χ4n) is 4.34. The number of aliphatic hydroxyl groups is 1. The number of nitrogens with zero attached hydrogens (tertiary/aromatic N) is 5. The van der Waals surface area contributed by atoms with Gasteiger partial charge in [0.25, 0.3) is 0 Å². The minimum absolute atomic E-state index is 0.0172. The number of rotatable bonds is 10. The van der Waals surface area contributed by atoms with E-state index in [1.165, 1.54) is 0 Å². The van der Waals surface area contributed by atoms with Crippen LogP contribution in [0.4, 0.5) is 0 Å². The predicted molar refractivity (Wildman–Crippen MR) is 137 cm³/mol. The number of tetrazole rings is 1. The van der Waals surface area contributed by atoms with Gasteiger partial charge < -0.3 is 23.2 Å². The lowest BCUT2D eigenvalue weighted by molar-refractivity contribution is 0.0462. The fraction of sp³-hybridized carbons (Fsp3) is 0.259. The second kappa shape index (κ2) is 11.3. The highest BCUT2D eigenvalue weighted by molar-refractivity contribution is 5.88. The molecule has 0 bridgehead atoms. The summed E-state index contributed by atoms with van der Waals surface area (Å²) in [7, 11) is 0. The summed E-state index contributed by atoms with van der Waals surface area (Å²) >= 11 is 0. The molecule has 12 nitrogen and oxygen atoms in total. The van der Waals surface area contributed by atoms with Crippen molar-refractivity contribution in [3.8, 4) is 22.5 Å². The Hall–Kier alpha value is -4.84. The molecule has 0 fully saturated rings. The number of aliphatic hydroxyl groups excluding tert-OH is 1. The Morgan fingerprint density at radius 2 is 1.87 bits per heavy atom. The van der Waals surface area contributed by atoms with Gasteiger partial charge in [0, 0.05) is 12.0 Å². The summed E-state index contributed by atoms with van der Waals surface area (Å²) in [5.41, 5.74) is 3.84. The molecule has 5 aromatic rings. The molecule has 39 heavy (non-hydrogen) atoms. The molecule has 0 aliphatic carbocycles. The van der Waals surface area contributed by atoms with Gasteiger partial charge in [0.05, 0.1) is 18.8 Å². The smallest absolute Gasteiger partial charge is 0.456 e. The van der Waals surface area contributed by atoms with Crippen molar-refractivity contribution < 1.29 is 23.5 Å². The van der Waals surface area contributed by atoms with Crippen molar-refractivity contribution in [2.24, 2.45) is 0 Å². The number of carbonyl (C=O) groups is 1. The van der Waals surface area contributed by atoms with E-state index in [2.05, 4.69) is 25.6 Å². The number of benzene rings is 2. The van der Waals surface area contributed by atoms with Crippen LogP contribution in [-0.4, -0.2) is 41.3 Å². The van der Waals surface area contributed by atoms with E-state index >= 15 is 0 Å². The first-order valence-corrected chi connectivity index (χ1v) is 12.4. The van der Waals surface area contributed by atoms with Gasteiger partial charge in [-0.1, -0.05) is 55.5 Å². The van der Waals surface area contributed by atoms with Crippen molar-refractivity contribution >= 4 is 5.97 Å². The number of imidazole rings is 1. The summed E-state index contributed by atoms with van der Waals surface area (Å²) in [5.74, 6) is 0.289. The van der Waals surface area contributed by atoms with Gasteiger partial charge in [-0.2, -0.15) is 0 Å². The Morgan fingerprint density at radius 1 is 1.10 bits per heavy atom. The summed E-state index contributed by atoms with van der Waals surface area (Å²) in [6.07, 6.45) is 1.31. The van der Waals surface area contributed by atoms with Crippen LogP contribution in [0.1, 0.15) is 52.4 Å². The van der Waals surface area contributed by atoms with Gasteiger partial charge >= 0.3 is 11.8 Å². The molecule has 2 aromatic carbocycles. The molecule has 3 heterocycles. The van der Waals surface area contributed by atoms with Crippen LogP contribution in [0.3, 0.4) is 0 Å². The molecule has 0 saturated carbocycles. The van der Waals surface area contributed by atoms with E-state index in [1.807, 2.05) is 55.5 Å². The Kier molecular flexibility index (Phi) is 7.46. The van der Waals surface area contributed by atoms with Gasteiger partial charge in [0.1, 0.15) is 18.2 Å². The number of aromatic nitrogens is 6. The fourth-order valence-corrected chi connectivity index (χ4v) is 4.34. The molecule has 2 N–H and O–H groups in total. The largest absolute Gasteiger partial charge is 0.519 e. The highest BCUT2D eigenvalue weighted by Crippen LogP contribution is 2.30. The number of nitrogens with one attached hydrogen (secondary N) is 1. The summed E-state index contributed by atoms with van der Waals surface area (Å²) in [4.78, 5) is 29.0. The SMILES string of the molecule is CCCc1nc(C(=O)OCc2ccc(-c3ccccc3-c3nnn[nH]3)cc2)c(CO)n1Cc1oc(=O)oc1C. The predicted octanol–water partition coefficient (Wildman–Crippen LogP) is 3.43. The standard InChI is InChI=1S/C27H26N6O6/c1-3-6-23-28-24(21(14-34)33(23)13-22-16(2)38-27(36)39-22)26(35)37-15-17-9-11-18(12-10-17)19-7-4-5-8-20(19)25-29-31-32-30-25/h4-5,7-12,34H,3,6,13-15H2,1-2H3,(H,29,30,31,32). The Balaban J connectivity index is 1.33. The van der Waals surface area contributed by atoms with Crippen LogP contribution in [0.25, 0.3) is 22.5 Å². The molecule has 0 atom stereocenters. The van der Waals surface area contributed by atoms with E-state index in [4.69, 9.17) is 13.6 Å². The van der Waals surface area contributed by atoms with Gasteiger partial charge in [-0.05, 0) is 40.5 Å². The number of aromatic amines is 1. The number of esters is 1. The first-order chi connectivity index (χ1) is 19.0. The van der Waals surface area contributed by atoms with Crippen LogP contribution in [0.15, 0.2) is 62.2 Å². The number of H-pyrrole nitrogens is 1. The van der Waals surface area contributed by atoms with Crippen molar-refractivity contribution in [2.45, 2.75) is 46.4 Å². The van der Waals surface area contributed by atoms with Crippen LogP contribution >= 0.6 is 0 Å². The zero-order chi connectivity index (χ0) is 27.4. The quantitative estimate of drug-likeness (QED) is 0.256. The molecule has 5 rings (SSSR count). The molecule has 12 heteroatoms. The molecule has 200 valence electrons. The average Bonchev–Trinajstić information content (AvgIpc) is 3.68. The minimum Gasteiger partial charge on any atom is -0.456 e. The van der Waals surface area contributed by atoms with E-state index in [1.54, 1.807) is 11.5 Å². The van der Waals surface area contributed by atoms with Crippen molar-refractivity contribution in [1.29, 1.82) is 0 Å². The summed E-state index contributed by atoms with van der Waals surface area (Å²) in [5, 5.41) is 24.2. The van der Waals surface area contributed by atoms with Gasteiger partial charge in [0.2, 0.25) is 0 Å². The first-order valence-electron chi connectivity index (χ1n) is 12.4. The summed E-state index contributed by atoms with van der Waals surface area (Å²) in [6, 6.07) is 15.4. The molecule has 0 saturated heterocycles. The maximum absolute atomic E-state index is 13.0. The van der Waals surface area contributed by atoms with Crippen molar-refractivity contribution in [3.05, 3.63) is 93.4 Å². The molecule has 0 aliphatic heterocycles. The van der Waals surface area contributed by atoms with Gasteiger partial charge in [-0.15, -0.1) is 5.10 Å². The van der Waals surface area contributed by atoms with Gasteiger partial charge in [0.15, 0.2) is 17.3 Å². The van der Waals surface area contributed by atoms with Crippen LogP contribution in [0.2, 0.25) is 0 Å². The average molecular weight is 531 g/mol. The van der Waals surface area contributed by atoms with Crippen molar-refractivity contribution in [1.82, 2.24) is 30.2 Å². The normalized spacial score (nSPS) is 11.2. The molecule has 0 spiro atoms. The van der Waals surface area contributed by atoms with Crippen LogP contribution in [-0.2, 0) is 30.9 Å². The second-order valence-electron chi connectivity index (χ2n) is 8.82. The zero-order valence-electron chi connectivity index (χ0n) is 21.4. The Bertz CT molecular complexity index is 1630. The lowest BCUT2D eigenvalue weighted by Gasteiger charge is -2.10. The van der Waals surface area contributed by atoms with Gasteiger partial charge in [-0.3, -0.25) is 0 Å².